The molecule has 23 heavy (non-hydrogen) atoms. The van der Waals surface area contributed by atoms with Gasteiger partial charge in [0.15, 0.2) is 0 Å². The molecular weight excluding hydrogens is 328 g/mol. The summed E-state index contributed by atoms with van der Waals surface area (Å²) in [5.74, 6) is 0.484. The van der Waals surface area contributed by atoms with Crippen LogP contribution in [0.5, 0.6) is 0 Å². The van der Waals surface area contributed by atoms with Gasteiger partial charge in [0.1, 0.15) is 20.2 Å². The van der Waals surface area contributed by atoms with Crippen LogP contribution >= 0.6 is 23.6 Å². The molecule has 0 amide bonds. The van der Waals surface area contributed by atoms with Crippen molar-refractivity contribution in [2.24, 2.45) is 0 Å². The number of hydrogen-bond donors (Lipinski definition) is 1. The molecule has 0 bridgehead atoms. The third-order valence-corrected chi connectivity index (χ3v) is 5.00. The van der Waals surface area contributed by atoms with Crippen LogP contribution in [0.25, 0.3) is 10.2 Å². The van der Waals surface area contributed by atoms with Crippen molar-refractivity contribution in [1.29, 1.82) is 0 Å². The molecule has 0 saturated carbocycles. The molecule has 0 atom stereocenters. The van der Waals surface area contributed by atoms with Crippen molar-refractivity contribution in [2.45, 2.75) is 20.3 Å². The van der Waals surface area contributed by atoms with Crippen molar-refractivity contribution in [2.75, 3.05) is 6.61 Å². The largest absolute Gasteiger partial charge is 0.462 e. The predicted molar refractivity (Wildman–Crippen MR) is 94.7 cm³/mol. The molecule has 0 radical (unpaired) electrons. The second-order valence-corrected chi connectivity index (χ2v) is 6.54. The number of carbonyl (C=O) groups excluding carboxylic acids is 1. The minimum absolute atomic E-state index is 0.313. The number of nitrogens with zero attached hydrogens (tertiary/aromatic N) is 1. The SMILES string of the molecule is CCOC(=O)c1sc2nc(Cc3ccccc3)[nH]c(=S)c2c1C. The molecule has 118 valence electrons. The first-order valence-electron chi connectivity index (χ1n) is 7.33. The number of H-pyrrole nitrogens is 1. The molecule has 0 aliphatic rings. The van der Waals surface area contributed by atoms with Crippen molar-refractivity contribution < 1.29 is 9.53 Å². The predicted octanol–water partition coefficient (Wildman–Crippen LogP) is 4.43. The van der Waals surface area contributed by atoms with Gasteiger partial charge in [-0.3, -0.25) is 0 Å². The van der Waals surface area contributed by atoms with Crippen LogP contribution in [-0.2, 0) is 11.2 Å². The first-order chi connectivity index (χ1) is 11.1. The number of rotatable bonds is 4. The van der Waals surface area contributed by atoms with Crippen LogP contribution in [0.1, 0.15) is 33.5 Å². The zero-order valence-corrected chi connectivity index (χ0v) is 14.5. The quantitative estimate of drug-likeness (QED) is 0.562. The molecule has 1 aromatic carbocycles. The monoisotopic (exact) mass is 344 g/mol. The molecule has 2 aromatic heterocycles. The molecule has 3 rings (SSSR count). The van der Waals surface area contributed by atoms with Gasteiger partial charge in [-0.1, -0.05) is 42.5 Å². The number of aromatic amines is 1. The van der Waals surface area contributed by atoms with Gasteiger partial charge in [-0.2, -0.15) is 0 Å². The van der Waals surface area contributed by atoms with E-state index in [0.717, 1.165) is 27.2 Å². The number of esters is 1. The fraction of sp³-hybridized carbons (Fsp3) is 0.235. The first kappa shape index (κ1) is 15.8. The summed E-state index contributed by atoms with van der Waals surface area (Å²) < 4.78 is 5.72. The minimum Gasteiger partial charge on any atom is -0.462 e. The molecule has 6 heteroatoms. The number of fused-ring (bicyclic) bond motifs is 1. The highest BCUT2D eigenvalue weighted by Gasteiger charge is 2.19. The highest BCUT2D eigenvalue weighted by Crippen LogP contribution is 2.30. The Morgan fingerprint density at radius 1 is 1.35 bits per heavy atom. The number of ether oxygens (including phenoxy) is 1. The van der Waals surface area contributed by atoms with Crippen LogP contribution in [0.2, 0.25) is 0 Å². The van der Waals surface area contributed by atoms with Crippen LogP contribution in [0, 0.1) is 11.6 Å². The van der Waals surface area contributed by atoms with Gasteiger partial charge in [0.25, 0.3) is 0 Å². The summed E-state index contributed by atoms with van der Waals surface area (Å²) in [6.45, 7) is 4.03. The van der Waals surface area contributed by atoms with Gasteiger partial charge in [-0.25, -0.2) is 9.78 Å². The molecule has 4 nitrogen and oxygen atoms in total. The van der Waals surface area contributed by atoms with Gasteiger partial charge in [-0.05, 0) is 25.0 Å². The van der Waals surface area contributed by atoms with Crippen molar-refractivity contribution >= 4 is 39.7 Å². The minimum atomic E-state index is -0.313. The summed E-state index contributed by atoms with van der Waals surface area (Å²) in [6, 6.07) is 10.1. The molecule has 0 spiro atoms. The summed E-state index contributed by atoms with van der Waals surface area (Å²) in [6.07, 6.45) is 0.673. The summed E-state index contributed by atoms with van der Waals surface area (Å²) >= 11 is 6.81. The third kappa shape index (κ3) is 3.18. The summed E-state index contributed by atoms with van der Waals surface area (Å²) in [7, 11) is 0. The molecule has 0 unspecified atom stereocenters. The Hall–Kier alpha value is -2.05. The van der Waals surface area contributed by atoms with Crippen LogP contribution in [0.3, 0.4) is 0 Å². The number of aryl methyl sites for hydroxylation is 1. The van der Waals surface area contributed by atoms with Gasteiger partial charge in [-0.15, -0.1) is 11.3 Å². The van der Waals surface area contributed by atoms with Crippen LogP contribution in [-0.4, -0.2) is 22.5 Å². The van der Waals surface area contributed by atoms with Gasteiger partial charge < -0.3 is 9.72 Å². The third-order valence-electron chi connectivity index (χ3n) is 3.52. The average Bonchev–Trinajstić information content (AvgIpc) is 2.86. The molecule has 0 aliphatic carbocycles. The number of thiophene rings is 1. The van der Waals surface area contributed by atoms with E-state index in [1.807, 2.05) is 37.3 Å². The molecule has 0 aliphatic heterocycles. The topological polar surface area (TPSA) is 55.0 Å². The Labute approximate surface area is 143 Å². The van der Waals surface area contributed by atoms with Crippen LogP contribution in [0.4, 0.5) is 0 Å². The summed E-state index contributed by atoms with van der Waals surface area (Å²) in [4.78, 5) is 21.2. The molecule has 2 heterocycles. The Bertz CT molecular complexity index is 913. The lowest BCUT2D eigenvalue weighted by atomic mass is 10.1. The molecular formula is C17H16N2O2S2. The maximum atomic E-state index is 12.0. The van der Waals surface area contributed by atoms with Crippen LogP contribution in [0.15, 0.2) is 30.3 Å². The van der Waals surface area contributed by atoms with Gasteiger partial charge in [0, 0.05) is 11.8 Å². The van der Waals surface area contributed by atoms with E-state index in [1.165, 1.54) is 11.3 Å². The van der Waals surface area contributed by atoms with E-state index in [4.69, 9.17) is 17.0 Å². The Morgan fingerprint density at radius 3 is 2.78 bits per heavy atom. The smallest absolute Gasteiger partial charge is 0.348 e. The number of benzene rings is 1. The lowest BCUT2D eigenvalue weighted by molar-refractivity contribution is 0.0531. The lowest BCUT2D eigenvalue weighted by Gasteiger charge is -2.02. The maximum absolute atomic E-state index is 12.0. The molecule has 1 N–H and O–H groups in total. The highest BCUT2D eigenvalue weighted by atomic mass is 32.1. The molecule has 0 saturated heterocycles. The normalized spacial score (nSPS) is 10.9. The standard InChI is InChI=1S/C17H16N2O2S2/c1-3-21-17(20)14-10(2)13-15(22)18-12(19-16(13)23-14)9-11-7-5-4-6-8-11/h4-8H,3,9H2,1-2H3,(H,18,19,22). The molecule has 0 fully saturated rings. The number of carbonyl (C=O) groups is 1. The van der Waals surface area contributed by atoms with E-state index in [0.29, 0.717) is 22.5 Å². The highest BCUT2D eigenvalue weighted by molar-refractivity contribution is 7.71. The van der Waals surface area contributed by atoms with E-state index in [9.17, 15) is 4.79 Å². The second kappa shape index (κ2) is 6.60. The maximum Gasteiger partial charge on any atom is 0.348 e. The molecule has 3 aromatic rings. The first-order valence-corrected chi connectivity index (χ1v) is 8.56. The van der Waals surface area contributed by atoms with Crippen molar-refractivity contribution in [3.8, 4) is 0 Å². The van der Waals surface area contributed by atoms with Gasteiger partial charge >= 0.3 is 5.97 Å². The van der Waals surface area contributed by atoms with Crippen LogP contribution < -0.4 is 0 Å². The van der Waals surface area contributed by atoms with E-state index < -0.39 is 0 Å². The summed E-state index contributed by atoms with van der Waals surface area (Å²) in [5.41, 5.74) is 1.99. The fourth-order valence-corrected chi connectivity index (χ4v) is 3.99. The zero-order valence-electron chi connectivity index (χ0n) is 12.9. The number of hydrogen-bond acceptors (Lipinski definition) is 5. The van der Waals surface area contributed by atoms with E-state index >= 15 is 0 Å². The van der Waals surface area contributed by atoms with Crippen molar-refractivity contribution in [3.05, 3.63) is 56.8 Å². The Balaban J connectivity index is 2.05. The number of aromatic nitrogens is 2. The van der Waals surface area contributed by atoms with Gasteiger partial charge in [0.05, 0.1) is 6.61 Å². The Morgan fingerprint density at radius 2 is 2.09 bits per heavy atom. The lowest BCUT2D eigenvalue weighted by Crippen LogP contribution is -2.03. The van der Waals surface area contributed by atoms with E-state index in [2.05, 4.69) is 9.97 Å². The van der Waals surface area contributed by atoms with E-state index in [1.54, 1.807) is 6.92 Å². The average molecular weight is 344 g/mol. The van der Waals surface area contributed by atoms with E-state index in [-0.39, 0.29) is 5.97 Å². The number of nitrogens with one attached hydrogen (secondary N) is 1. The van der Waals surface area contributed by atoms with Crippen molar-refractivity contribution in [1.82, 2.24) is 9.97 Å². The Kier molecular flexibility index (Phi) is 4.54. The summed E-state index contributed by atoms with van der Waals surface area (Å²) in [5, 5.41) is 0.838. The van der Waals surface area contributed by atoms with Crippen molar-refractivity contribution in [3.63, 3.8) is 0 Å². The zero-order chi connectivity index (χ0) is 16.4. The van der Waals surface area contributed by atoms with Gasteiger partial charge in [0.2, 0.25) is 0 Å². The second-order valence-electron chi connectivity index (χ2n) is 5.13. The fourth-order valence-electron chi connectivity index (χ4n) is 2.45.